The van der Waals surface area contributed by atoms with Gasteiger partial charge in [0.05, 0.1) is 22.5 Å². The topological polar surface area (TPSA) is 83.6 Å². The summed E-state index contributed by atoms with van der Waals surface area (Å²) in [5.41, 5.74) is 0.855. The van der Waals surface area contributed by atoms with Gasteiger partial charge in [0.2, 0.25) is 0 Å². The summed E-state index contributed by atoms with van der Waals surface area (Å²) in [6.45, 7) is 1.44. The minimum Gasteiger partial charge on any atom is -0.394 e. The zero-order valence-corrected chi connectivity index (χ0v) is 9.61. The maximum absolute atomic E-state index is 10.8. The molecule has 2 N–H and O–H groups in total. The summed E-state index contributed by atoms with van der Waals surface area (Å²) in [5, 5.41) is 28.6. The Morgan fingerprint density at radius 1 is 1.56 bits per heavy atom. The molecule has 0 saturated heterocycles. The lowest BCUT2D eigenvalue weighted by Gasteiger charge is -2.07. The van der Waals surface area contributed by atoms with E-state index in [-0.39, 0.29) is 18.0 Å². The van der Waals surface area contributed by atoms with E-state index in [0.717, 1.165) is 5.56 Å². The fourth-order valence-electron chi connectivity index (χ4n) is 1.13. The molecule has 0 aliphatic heterocycles. The molecule has 1 atom stereocenters. The second kappa shape index (κ2) is 5.83. The Morgan fingerprint density at radius 3 is 2.81 bits per heavy atom. The normalized spacial score (nSPS) is 12.4. The molecule has 6 heteroatoms. The third kappa shape index (κ3) is 3.48. The van der Waals surface area contributed by atoms with Crippen molar-refractivity contribution >= 4 is 17.4 Å². The molecule has 16 heavy (non-hydrogen) atoms. The number of benzene rings is 1. The number of hydrogen-bond acceptors (Lipinski definition) is 5. The van der Waals surface area contributed by atoms with E-state index >= 15 is 0 Å². The fourth-order valence-corrected chi connectivity index (χ4v) is 2.05. The van der Waals surface area contributed by atoms with E-state index in [0.29, 0.717) is 4.90 Å². The molecule has 0 spiro atoms. The quantitative estimate of drug-likeness (QED) is 0.463. The van der Waals surface area contributed by atoms with Crippen molar-refractivity contribution < 1.29 is 15.1 Å². The van der Waals surface area contributed by atoms with E-state index in [2.05, 4.69) is 0 Å². The molecule has 5 nitrogen and oxygen atoms in total. The molecular weight excluding hydrogens is 230 g/mol. The lowest BCUT2D eigenvalue weighted by atomic mass is 10.2. The maximum Gasteiger partial charge on any atom is 0.283 e. The molecule has 1 unspecified atom stereocenters. The molecule has 88 valence electrons. The Balaban J connectivity index is 2.82. The summed E-state index contributed by atoms with van der Waals surface area (Å²) in [5.74, 6) is 0.237. The highest BCUT2D eigenvalue weighted by molar-refractivity contribution is 7.99. The highest BCUT2D eigenvalue weighted by Gasteiger charge is 2.15. The summed E-state index contributed by atoms with van der Waals surface area (Å²) >= 11 is 1.17. The molecule has 1 aromatic rings. The van der Waals surface area contributed by atoms with Crippen LogP contribution in [0.25, 0.3) is 0 Å². The van der Waals surface area contributed by atoms with Crippen molar-refractivity contribution in [3.05, 3.63) is 33.9 Å². The monoisotopic (exact) mass is 243 g/mol. The number of aliphatic hydroxyl groups is 2. The van der Waals surface area contributed by atoms with Gasteiger partial charge in [-0.25, -0.2) is 0 Å². The molecular formula is C10H13NO4S. The van der Waals surface area contributed by atoms with E-state index in [4.69, 9.17) is 10.2 Å². The van der Waals surface area contributed by atoms with Gasteiger partial charge in [-0.1, -0.05) is 6.07 Å². The summed E-state index contributed by atoms with van der Waals surface area (Å²) in [6.07, 6.45) is -0.856. The predicted molar refractivity (Wildman–Crippen MR) is 61.7 cm³/mol. The van der Waals surface area contributed by atoms with Gasteiger partial charge in [-0.3, -0.25) is 10.1 Å². The van der Waals surface area contributed by atoms with E-state index in [1.54, 1.807) is 19.1 Å². The lowest BCUT2D eigenvalue weighted by molar-refractivity contribution is -0.387. The number of nitrogens with zero attached hydrogens (tertiary/aromatic N) is 1. The fraction of sp³-hybridized carbons (Fsp3) is 0.400. The van der Waals surface area contributed by atoms with E-state index < -0.39 is 11.0 Å². The van der Waals surface area contributed by atoms with Gasteiger partial charge in [-0.05, 0) is 18.6 Å². The van der Waals surface area contributed by atoms with Crippen LogP contribution in [0.4, 0.5) is 5.69 Å². The summed E-state index contributed by atoms with van der Waals surface area (Å²) < 4.78 is 0. The molecule has 0 aliphatic carbocycles. The van der Waals surface area contributed by atoms with Crippen LogP contribution in [-0.4, -0.2) is 33.6 Å². The van der Waals surface area contributed by atoms with Gasteiger partial charge < -0.3 is 10.2 Å². The van der Waals surface area contributed by atoms with Crippen molar-refractivity contribution in [1.82, 2.24) is 0 Å². The third-order valence-electron chi connectivity index (χ3n) is 1.95. The second-order valence-electron chi connectivity index (χ2n) is 3.38. The number of aryl methyl sites for hydroxylation is 1. The van der Waals surface area contributed by atoms with Crippen LogP contribution in [0.3, 0.4) is 0 Å². The average Bonchev–Trinajstić information content (AvgIpc) is 2.26. The first-order chi connectivity index (χ1) is 7.54. The average molecular weight is 243 g/mol. The lowest BCUT2D eigenvalue weighted by Crippen LogP contribution is -2.14. The molecule has 0 bridgehead atoms. The molecule has 0 aliphatic rings. The van der Waals surface area contributed by atoms with Gasteiger partial charge in [0, 0.05) is 11.8 Å². The summed E-state index contributed by atoms with van der Waals surface area (Å²) in [7, 11) is 0. The zero-order chi connectivity index (χ0) is 12.1. The number of nitro benzene ring substituents is 1. The molecule has 0 radical (unpaired) electrons. The number of hydrogen-bond donors (Lipinski definition) is 2. The van der Waals surface area contributed by atoms with Crippen LogP contribution in [0.2, 0.25) is 0 Å². The van der Waals surface area contributed by atoms with Crippen molar-refractivity contribution in [3.8, 4) is 0 Å². The van der Waals surface area contributed by atoms with Crippen molar-refractivity contribution in [2.45, 2.75) is 17.9 Å². The SMILES string of the molecule is Cc1ccc(SCC(O)CO)c([N+](=O)[O-])c1. The standard InChI is InChI=1S/C10H13NO4S/c1-7-2-3-10(9(4-7)11(14)15)16-6-8(13)5-12/h2-4,8,12-13H,5-6H2,1H3. The van der Waals surface area contributed by atoms with Gasteiger partial charge in [0.15, 0.2) is 0 Å². The van der Waals surface area contributed by atoms with Crippen LogP contribution in [0.5, 0.6) is 0 Å². The number of nitro groups is 1. The van der Waals surface area contributed by atoms with Crippen LogP contribution in [-0.2, 0) is 0 Å². The van der Waals surface area contributed by atoms with Crippen LogP contribution in [0.1, 0.15) is 5.56 Å². The Labute approximate surface area is 97.3 Å². The number of rotatable bonds is 5. The smallest absolute Gasteiger partial charge is 0.283 e. The van der Waals surface area contributed by atoms with Gasteiger partial charge >= 0.3 is 0 Å². The van der Waals surface area contributed by atoms with Crippen molar-refractivity contribution in [2.75, 3.05) is 12.4 Å². The van der Waals surface area contributed by atoms with Crippen molar-refractivity contribution in [1.29, 1.82) is 0 Å². The minimum absolute atomic E-state index is 0.0372. The number of thioether (sulfide) groups is 1. The zero-order valence-electron chi connectivity index (χ0n) is 8.79. The molecule has 0 saturated carbocycles. The second-order valence-corrected chi connectivity index (χ2v) is 4.44. The summed E-state index contributed by atoms with van der Waals surface area (Å²) in [4.78, 5) is 10.8. The first-order valence-electron chi connectivity index (χ1n) is 4.71. The Morgan fingerprint density at radius 2 is 2.25 bits per heavy atom. The third-order valence-corrected chi connectivity index (χ3v) is 3.16. The van der Waals surface area contributed by atoms with Crippen LogP contribution in [0, 0.1) is 17.0 Å². The Bertz CT molecular complexity index is 383. The van der Waals surface area contributed by atoms with Crippen LogP contribution >= 0.6 is 11.8 Å². The highest BCUT2D eigenvalue weighted by atomic mass is 32.2. The van der Waals surface area contributed by atoms with Gasteiger partial charge in [0.25, 0.3) is 5.69 Å². The van der Waals surface area contributed by atoms with E-state index in [1.807, 2.05) is 0 Å². The molecule has 0 amide bonds. The predicted octanol–water partition coefficient (Wildman–Crippen LogP) is 1.35. The van der Waals surface area contributed by atoms with Gasteiger partial charge in [0.1, 0.15) is 0 Å². The largest absolute Gasteiger partial charge is 0.394 e. The van der Waals surface area contributed by atoms with Gasteiger partial charge in [-0.15, -0.1) is 11.8 Å². The number of aliphatic hydroxyl groups excluding tert-OH is 2. The first-order valence-corrected chi connectivity index (χ1v) is 5.70. The molecule has 0 fully saturated rings. The Hall–Kier alpha value is -1.11. The van der Waals surface area contributed by atoms with Gasteiger partial charge in [-0.2, -0.15) is 0 Å². The molecule has 1 aromatic carbocycles. The maximum atomic E-state index is 10.8. The molecule has 0 aromatic heterocycles. The molecule has 0 heterocycles. The highest BCUT2D eigenvalue weighted by Crippen LogP contribution is 2.30. The first kappa shape index (κ1) is 13.0. The van der Waals surface area contributed by atoms with E-state index in [1.165, 1.54) is 17.8 Å². The Kier molecular flexibility index (Phi) is 4.72. The molecule has 1 rings (SSSR count). The van der Waals surface area contributed by atoms with Crippen LogP contribution in [0.15, 0.2) is 23.1 Å². The van der Waals surface area contributed by atoms with E-state index in [9.17, 15) is 10.1 Å². The summed E-state index contributed by atoms with van der Waals surface area (Å²) in [6, 6.07) is 4.93. The van der Waals surface area contributed by atoms with Crippen molar-refractivity contribution in [2.24, 2.45) is 0 Å². The van der Waals surface area contributed by atoms with Crippen molar-refractivity contribution in [3.63, 3.8) is 0 Å². The van der Waals surface area contributed by atoms with Crippen LogP contribution < -0.4 is 0 Å². The minimum atomic E-state index is -0.856.